The van der Waals surface area contributed by atoms with Gasteiger partial charge < -0.3 is 19.4 Å². The molecule has 1 aliphatic rings. The van der Waals surface area contributed by atoms with Crippen LogP contribution in [0.15, 0.2) is 23.8 Å². The van der Waals surface area contributed by atoms with Crippen molar-refractivity contribution in [2.75, 3.05) is 6.54 Å². The third-order valence-electron chi connectivity index (χ3n) is 4.76. The molecule has 7 heteroatoms. The number of pyridine rings is 1. The molecule has 1 aromatic heterocycles. The topological polar surface area (TPSA) is 69.7 Å². The van der Waals surface area contributed by atoms with Crippen molar-refractivity contribution in [1.82, 2.24) is 10.3 Å². The third-order valence-corrected chi connectivity index (χ3v) is 4.76. The van der Waals surface area contributed by atoms with Gasteiger partial charge in [-0.3, -0.25) is 4.98 Å². The first-order chi connectivity index (χ1) is 12.3. The van der Waals surface area contributed by atoms with E-state index in [2.05, 4.69) is 10.3 Å². The van der Waals surface area contributed by atoms with E-state index in [0.717, 1.165) is 16.7 Å². The molecule has 6 nitrogen and oxygen atoms in total. The van der Waals surface area contributed by atoms with Crippen LogP contribution in [-0.2, 0) is 14.0 Å². The number of ether oxygens (including phenoxy) is 1. The smallest absolute Gasteiger partial charge is 0.444 e. The predicted octanol–water partition coefficient (Wildman–Crippen LogP) is 3.93. The highest BCUT2D eigenvalue weighted by Gasteiger charge is 2.52. The number of nitrogens with one attached hydrogen (secondary N) is 1. The van der Waals surface area contributed by atoms with Crippen molar-refractivity contribution >= 4 is 19.3 Å². The Hall–Kier alpha value is -1.86. The van der Waals surface area contributed by atoms with Gasteiger partial charge in [0.1, 0.15) is 5.60 Å². The number of nitrogens with zero attached hydrogens (tertiary/aromatic N) is 1. The normalized spacial score (nSPS) is 19.1. The van der Waals surface area contributed by atoms with E-state index in [4.69, 9.17) is 14.0 Å². The van der Waals surface area contributed by atoms with Crippen molar-refractivity contribution in [2.45, 2.75) is 72.2 Å². The van der Waals surface area contributed by atoms with Gasteiger partial charge in [-0.25, -0.2) is 4.79 Å². The van der Waals surface area contributed by atoms with Crippen molar-refractivity contribution in [3.63, 3.8) is 0 Å². The number of carbonyl (C=O) groups is 1. The minimum atomic E-state index is -0.577. The summed E-state index contributed by atoms with van der Waals surface area (Å²) in [4.78, 5) is 16.5. The zero-order valence-corrected chi connectivity index (χ0v) is 17.7. The molecular weight excluding hydrogens is 343 g/mol. The number of hydrogen-bond donors (Lipinski definition) is 1. The van der Waals surface area contributed by atoms with Crippen molar-refractivity contribution in [1.29, 1.82) is 0 Å². The van der Waals surface area contributed by atoms with Gasteiger partial charge in [-0.1, -0.05) is 6.07 Å². The molecule has 1 saturated heterocycles. The Morgan fingerprint density at radius 3 is 2.37 bits per heavy atom. The van der Waals surface area contributed by atoms with Gasteiger partial charge in [0.15, 0.2) is 0 Å². The standard InChI is InChI=1S/C20H31BN2O4/c1-14-10-9-11-22-16(14)12-15(13-23-17(24)25-18(2,3)4)21-26-19(5,6)20(7,8)27-21/h9-12H,13H2,1-8H3,(H,23,24). The van der Waals surface area contributed by atoms with E-state index in [1.54, 1.807) is 6.20 Å². The summed E-state index contributed by atoms with van der Waals surface area (Å²) in [5.41, 5.74) is 1.12. The van der Waals surface area contributed by atoms with Gasteiger partial charge in [-0.05, 0) is 78.6 Å². The number of hydrogen-bond acceptors (Lipinski definition) is 5. The maximum Gasteiger partial charge on any atom is 0.492 e. The summed E-state index contributed by atoms with van der Waals surface area (Å²) in [7, 11) is -0.577. The van der Waals surface area contributed by atoms with E-state index in [-0.39, 0.29) is 6.54 Å². The highest BCUT2D eigenvalue weighted by molar-refractivity contribution is 6.56. The fourth-order valence-electron chi connectivity index (χ4n) is 2.51. The first-order valence-corrected chi connectivity index (χ1v) is 9.25. The van der Waals surface area contributed by atoms with Crippen LogP contribution < -0.4 is 5.32 Å². The molecule has 0 saturated carbocycles. The van der Waals surface area contributed by atoms with Crippen molar-refractivity contribution in [3.8, 4) is 0 Å². The molecule has 1 aliphatic heterocycles. The Bertz CT molecular complexity index is 707. The Labute approximate surface area is 162 Å². The van der Waals surface area contributed by atoms with E-state index >= 15 is 0 Å². The molecule has 1 aromatic rings. The number of carbonyl (C=O) groups excluding carboxylic acids is 1. The molecule has 1 N–H and O–H groups in total. The SMILES string of the molecule is Cc1cccnc1C=C(CNC(=O)OC(C)(C)C)B1OC(C)(C)C(C)(C)O1. The van der Waals surface area contributed by atoms with Crippen molar-refractivity contribution in [2.24, 2.45) is 0 Å². The lowest BCUT2D eigenvalue weighted by Crippen LogP contribution is -2.41. The van der Waals surface area contributed by atoms with Crippen LogP contribution in [0.4, 0.5) is 4.79 Å². The van der Waals surface area contributed by atoms with Gasteiger partial charge in [-0.2, -0.15) is 0 Å². The second-order valence-electron chi connectivity index (χ2n) is 8.87. The van der Waals surface area contributed by atoms with E-state index in [0.29, 0.717) is 0 Å². The van der Waals surface area contributed by atoms with Crippen LogP contribution in [0.25, 0.3) is 6.08 Å². The van der Waals surface area contributed by atoms with Crippen molar-refractivity contribution < 1.29 is 18.8 Å². The fourth-order valence-corrected chi connectivity index (χ4v) is 2.51. The van der Waals surface area contributed by atoms with Crippen LogP contribution in [0.3, 0.4) is 0 Å². The number of aromatic nitrogens is 1. The Balaban J connectivity index is 2.25. The molecular formula is C20H31BN2O4. The van der Waals surface area contributed by atoms with Crippen LogP contribution in [-0.4, -0.2) is 41.5 Å². The molecule has 0 radical (unpaired) electrons. The molecule has 2 heterocycles. The average Bonchev–Trinajstić information content (AvgIpc) is 2.71. The Morgan fingerprint density at radius 1 is 1.26 bits per heavy atom. The third kappa shape index (κ3) is 5.56. The molecule has 0 unspecified atom stereocenters. The summed E-state index contributed by atoms with van der Waals surface area (Å²) in [6.45, 7) is 15.7. The number of rotatable bonds is 4. The average molecular weight is 374 g/mol. The number of amides is 1. The van der Waals surface area contributed by atoms with Crippen LogP contribution in [0.5, 0.6) is 0 Å². The zero-order chi connectivity index (χ0) is 20.5. The minimum Gasteiger partial charge on any atom is -0.444 e. The molecule has 0 aromatic carbocycles. The van der Waals surface area contributed by atoms with E-state index in [1.165, 1.54) is 0 Å². The monoisotopic (exact) mass is 374 g/mol. The van der Waals surface area contributed by atoms with Crippen molar-refractivity contribution in [3.05, 3.63) is 35.1 Å². The van der Waals surface area contributed by atoms with Crippen LogP contribution in [0, 0.1) is 6.92 Å². The molecule has 1 amide bonds. The Kier molecular flexibility index (Phi) is 6.07. The van der Waals surface area contributed by atoms with E-state index in [9.17, 15) is 4.79 Å². The molecule has 1 fully saturated rings. The van der Waals surface area contributed by atoms with Gasteiger partial charge in [0.25, 0.3) is 0 Å². The highest BCUT2D eigenvalue weighted by Crippen LogP contribution is 2.38. The number of aryl methyl sites for hydroxylation is 1. The van der Waals surface area contributed by atoms with Gasteiger partial charge in [0, 0.05) is 12.7 Å². The predicted molar refractivity (Wildman–Crippen MR) is 107 cm³/mol. The summed E-state index contributed by atoms with van der Waals surface area (Å²) in [5.74, 6) is 0. The lowest BCUT2D eigenvalue weighted by molar-refractivity contribution is 0.00578. The largest absolute Gasteiger partial charge is 0.492 e. The van der Waals surface area contributed by atoms with E-state index < -0.39 is 30.0 Å². The molecule has 2 rings (SSSR count). The first-order valence-electron chi connectivity index (χ1n) is 9.25. The molecule has 148 valence electrons. The lowest BCUT2D eigenvalue weighted by Gasteiger charge is -2.32. The maximum absolute atomic E-state index is 12.1. The van der Waals surface area contributed by atoms with Gasteiger partial charge in [0.05, 0.1) is 16.9 Å². The van der Waals surface area contributed by atoms with Gasteiger partial charge in [0.2, 0.25) is 0 Å². The summed E-state index contributed by atoms with van der Waals surface area (Å²) < 4.78 is 17.7. The van der Waals surface area contributed by atoms with Crippen LogP contribution >= 0.6 is 0 Å². The summed E-state index contributed by atoms with van der Waals surface area (Å²) in [5, 5.41) is 2.79. The fraction of sp³-hybridized carbons (Fsp3) is 0.600. The van der Waals surface area contributed by atoms with Crippen LogP contribution in [0.2, 0.25) is 0 Å². The first kappa shape index (κ1) is 21.4. The minimum absolute atomic E-state index is 0.238. The quantitative estimate of drug-likeness (QED) is 0.809. The van der Waals surface area contributed by atoms with Gasteiger partial charge in [-0.15, -0.1) is 0 Å². The molecule has 0 atom stereocenters. The molecule has 27 heavy (non-hydrogen) atoms. The van der Waals surface area contributed by atoms with E-state index in [1.807, 2.05) is 73.6 Å². The molecule has 0 spiro atoms. The number of alkyl carbamates (subject to hydrolysis) is 1. The zero-order valence-electron chi connectivity index (χ0n) is 17.7. The molecule has 0 aliphatic carbocycles. The summed E-state index contributed by atoms with van der Waals surface area (Å²) in [6.07, 6.45) is 3.17. The second-order valence-corrected chi connectivity index (χ2v) is 8.87. The van der Waals surface area contributed by atoms with Gasteiger partial charge >= 0.3 is 13.2 Å². The lowest BCUT2D eigenvalue weighted by atomic mass is 9.77. The highest BCUT2D eigenvalue weighted by atomic mass is 16.7. The summed E-state index contributed by atoms with van der Waals surface area (Å²) >= 11 is 0. The molecule has 0 bridgehead atoms. The van der Waals surface area contributed by atoms with Crippen LogP contribution in [0.1, 0.15) is 59.7 Å². The summed E-state index contributed by atoms with van der Waals surface area (Å²) in [6, 6.07) is 3.88. The Morgan fingerprint density at radius 2 is 1.85 bits per heavy atom. The maximum atomic E-state index is 12.1. The second kappa shape index (κ2) is 7.64.